The van der Waals surface area contributed by atoms with Crippen LogP contribution in [0.4, 0.5) is 0 Å². The maximum atomic E-state index is 8.92. The second-order valence-corrected chi connectivity index (χ2v) is 5.30. The lowest BCUT2D eigenvalue weighted by molar-refractivity contribution is 0.307. The lowest BCUT2D eigenvalue weighted by Gasteiger charge is -2.22. The van der Waals surface area contributed by atoms with Gasteiger partial charge in [-0.2, -0.15) is 0 Å². The Morgan fingerprint density at radius 2 is 2.38 bits per heavy atom. The van der Waals surface area contributed by atoms with Crippen LogP contribution in [0.25, 0.3) is 0 Å². The Morgan fingerprint density at radius 3 is 3.08 bits per heavy atom. The molecule has 2 aliphatic heterocycles. The minimum Gasteiger partial charge on any atom is -0.409 e. The molecule has 0 unspecified atom stereocenters. The van der Waals surface area contributed by atoms with Crippen molar-refractivity contribution >= 4 is 22.8 Å². The van der Waals surface area contributed by atoms with Crippen molar-refractivity contribution in [1.29, 1.82) is 0 Å². The summed E-state index contributed by atoms with van der Waals surface area (Å²) in [4.78, 5) is 6.41. The summed E-state index contributed by atoms with van der Waals surface area (Å²) in [6.45, 7) is 5.92. The Bertz CT molecular complexity index is 285. The highest BCUT2D eigenvalue weighted by molar-refractivity contribution is 8.16. The Labute approximate surface area is 81.7 Å². The van der Waals surface area contributed by atoms with Crippen LogP contribution < -0.4 is 0 Å². The highest BCUT2D eigenvalue weighted by atomic mass is 32.2. The van der Waals surface area contributed by atoms with E-state index in [2.05, 4.69) is 10.1 Å². The summed E-state index contributed by atoms with van der Waals surface area (Å²) in [7, 11) is 0. The van der Waals surface area contributed by atoms with E-state index in [1.165, 1.54) is 0 Å². The molecule has 5 heteroatoms. The molecule has 0 bridgehead atoms. The molecule has 0 aromatic carbocycles. The lowest BCUT2D eigenvalue weighted by atomic mass is 10.1. The van der Waals surface area contributed by atoms with E-state index in [9.17, 15) is 0 Å². The third-order valence-corrected chi connectivity index (χ3v) is 3.48. The third-order valence-electron chi connectivity index (χ3n) is 2.25. The number of rotatable bonds is 0. The molecule has 4 nitrogen and oxygen atoms in total. The Hall–Kier alpha value is -0.710. The fraction of sp³-hybridized carbons (Fsp3) is 0.750. The molecule has 0 spiro atoms. The van der Waals surface area contributed by atoms with Crippen molar-refractivity contribution in [3.8, 4) is 0 Å². The van der Waals surface area contributed by atoms with Gasteiger partial charge in [-0.15, -0.1) is 0 Å². The first-order chi connectivity index (χ1) is 6.15. The zero-order valence-electron chi connectivity index (χ0n) is 7.82. The van der Waals surface area contributed by atoms with Crippen LogP contribution in [0.1, 0.15) is 20.3 Å². The van der Waals surface area contributed by atoms with Crippen LogP contribution >= 0.6 is 11.8 Å². The van der Waals surface area contributed by atoms with Gasteiger partial charge in [0.05, 0.1) is 4.75 Å². The lowest BCUT2D eigenvalue weighted by Crippen LogP contribution is -2.38. The molecule has 0 aromatic rings. The quantitative estimate of drug-likeness (QED) is 0.473. The van der Waals surface area contributed by atoms with Crippen LogP contribution in [0.2, 0.25) is 0 Å². The summed E-state index contributed by atoms with van der Waals surface area (Å²) >= 11 is 1.67. The van der Waals surface area contributed by atoms with Crippen LogP contribution in [-0.4, -0.2) is 38.9 Å². The molecule has 72 valence electrons. The molecule has 2 heterocycles. The van der Waals surface area contributed by atoms with Crippen LogP contribution in [-0.2, 0) is 0 Å². The standard InChI is InChI=1S/C8H13N3OS/c1-8(2)6(10-12)11-5-3-4-9-7(11)13-8/h12H,3-5H2,1-2H3/b10-6-. The number of amidine groups is 2. The van der Waals surface area contributed by atoms with Gasteiger partial charge in [0.25, 0.3) is 0 Å². The van der Waals surface area contributed by atoms with Crippen molar-refractivity contribution < 1.29 is 5.21 Å². The zero-order valence-corrected chi connectivity index (χ0v) is 8.63. The van der Waals surface area contributed by atoms with Crippen LogP contribution in [0, 0.1) is 0 Å². The minimum atomic E-state index is -0.141. The molecular formula is C8H13N3OS. The first-order valence-electron chi connectivity index (χ1n) is 4.39. The number of fused-ring (bicyclic) bond motifs is 1. The van der Waals surface area contributed by atoms with Gasteiger partial charge in [-0.3, -0.25) is 4.99 Å². The van der Waals surface area contributed by atoms with Crippen LogP contribution in [0.3, 0.4) is 0 Å². The van der Waals surface area contributed by atoms with E-state index in [1.54, 1.807) is 11.8 Å². The van der Waals surface area contributed by atoms with Crippen LogP contribution in [0.15, 0.2) is 10.1 Å². The van der Waals surface area contributed by atoms with Gasteiger partial charge in [0, 0.05) is 13.1 Å². The van der Waals surface area contributed by atoms with E-state index in [-0.39, 0.29) is 4.75 Å². The molecule has 2 aliphatic rings. The molecule has 0 radical (unpaired) electrons. The van der Waals surface area contributed by atoms with E-state index in [4.69, 9.17) is 5.21 Å². The van der Waals surface area contributed by atoms with Crippen molar-refractivity contribution in [2.75, 3.05) is 13.1 Å². The highest BCUT2D eigenvalue weighted by Crippen LogP contribution is 2.38. The normalized spacial score (nSPS) is 28.9. The predicted molar refractivity (Wildman–Crippen MR) is 54.5 cm³/mol. The minimum absolute atomic E-state index is 0.141. The summed E-state index contributed by atoms with van der Waals surface area (Å²) in [5, 5.41) is 13.3. The second-order valence-electron chi connectivity index (χ2n) is 3.71. The van der Waals surface area contributed by atoms with Gasteiger partial charge in [-0.25, -0.2) is 0 Å². The van der Waals surface area contributed by atoms with Gasteiger partial charge in [0.15, 0.2) is 11.0 Å². The SMILES string of the molecule is CC1(C)SC2=NCCCN2/C1=N\O. The number of oxime groups is 1. The van der Waals surface area contributed by atoms with Crippen molar-refractivity contribution in [3.05, 3.63) is 0 Å². The van der Waals surface area contributed by atoms with Gasteiger partial charge >= 0.3 is 0 Å². The molecule has 0 saturated carbocycles. The van der Waals surface area contributed by atoms with Crippen LogP contribution in [0.5, 0.6) is 0 Å². The number of nitrogens with zero attached hydrogens (tertiary/aromatic N) is 3. The molecule has 0 amide bonds. The average Bonchev–Trinajstić information content (AvgIpc) is 2.33. The summed E-state index contributed by atoms with van der Waals surface area (Å²) in [6, 6.07) is 0. The second kappa shape index (κ2) is 2.90. The molecule has 0 atom stereocenters. The van der Waals surface area contributed by atoms with E-state index >= 15 is 0 Å². The number of hydrogen-bond acceptors (Lipinski definition) is 4. The van der Waals surface area contributed by atoms with Crippen molar-refractivity contribution in [3.63, 3.8) is 0 Å². The molecule has 13 heavy (non-hydrogen) atoms. The highest BCUT2D eigenvalue weighted by Gasteiger charge is 2.43. The van der Waals surface area contributed by atoms with E-state index in [1.807, 2.05) is 18.7 Å². The van der Waals surface area contributed by atoms with Gasteiger partial charge in [0.2, 0.25) is 0 Å². The molecular weight excluding hydrogens is 186 g/mol. The fourth-order valence-electron chi connectivity index (χ4n) is 1.64. The molecule has 0 aromatic heterocycles. The summed E-state index contributed by atoms with van der Waals surface area (Å²) in [5.74, 6) is 0.732. The summed E-state index contributed by atoms with van der Waals surface area (Å²) < 4.78 is -0.141. The Kier molecular flexibility index (Phi) is 1.98. The largest absolute Gasteiger partial charge is 0.409 e. The summed E-state index contributed by atoms with van der Waals surface area (Å²) in [5.41, 5.74) is 0. The molecule has 1 fully saturated rings. The average molecular weight is 199 g/mol. The Balaban J connectivity index is 2.37. The number of hydrogen-bond donors (Lipinski definition) is 1. The monoisotopic (exact) mass is 199 g/mol. The van der Waals surface area contributed by atoms with Gasteiger partial charge in [-0.05, 0) is 20.3 Å². The first kappa shape index (κ1) is 8.87. The van der Waals surface area contributed by atoms with Crippen molar-refractivity contribution in [1.82, 2.24) is 4.90 Å². The Morgan fingerprint density at radius 1 is 1.62 bits per heavy atom. The fourth-order valence-corrected chi connectivity index (χ4v) is 2.78. The van der Waals surface area contributed by atoms with Crippen molar-refractivity contribution in [2.24, 2.45) is 10.1 Å². The molecule has 1 saturated heterocycles. The predicted octanol–water partition coefficient (Wildman–Crippen LogP) is 1.36. The number of aliphatic imine (C=N–C) groups is 1. The van der Waals surface area contributed by atoms with E-state index < -0.39 is 0 Å². The number of thioether (sulfide) groups is 1. The third kappa shape index (κ3) is 1.31. The van der Waals surface area contributed by atoms with E-state index in [0.717, 1.165) is 30.5 Å². The van der Waals surface area contributed by atoms with Gasteiger partial charge in [-0.1, -0.05) is 16.9 Å². The van der Waals surface area contributed by atoms with Crippen molar-refractivity contribution in [2.45, 2.75) is 25.0 Å². The smallest absolute Gasteiger partial charge is 0.166 e. The van der Waals surface area contributed by atoms with Gasteiger partial charge < -0.3 is 10.1 Å². The maximum absolute atomic E-state index is 8.92. The maximum Gasteiger partial charge on any atom is 0.166 e. The molecule has 2 rings (SSSR count). The molecule has 1 N–H and O–H groups in total. The molecule has 0 aliphatic carbocycles. The van der Waals surface area contributed by atoms with Gasteiger partial charge in [0.1, 0.15) is 0 Å². The summed E-state index contributed by atoms with van der Waals surface area (Å²) in [6.07, 6.45) is 1.04. The zero-order chi connectivity index (χ0) is 9.47. The first-order valence-corrected chi connectivity index (χ1v) is 5.20. The van der Waals surface area contributed by atoms with E-state index in [0.29, 0.717) is 0 Å². The topological polar surface area (TPSA) is 48.2 Å².